The van der Waals surface area contributed by atoms with Crippen molar-refractivity contribution in [3.63, 3.8) is 0 Å². The van der Waals surface area contributed by atoms with Gasteiger partial charge in [-0.1, -0.05) is 60.7 Å². The van der Waals surface area contributed by atoms with Gasteiger partial charge < -0.3 is 5.73 Å². The highest BCUT2D eigenvalue weighted by atomic mass is 16.1. The van der Waals surface area contributed by atoms with Crippen molar-refractivity contribution in [2.75, 3.05) is 0 Å². The monoisotopic (exact) mass is 276 g/mol. The predicted octanol–water partition coefficient (Wildman–Crippen LogP) is 2.40. The molecule has 0 aromatic heterocycles. The van der Waals surface area contributed by atoms with Crippen molar-refractivity contribution in [1.29, 1.82) is 0 Å². The standard InChI is InChI=1S/C18H16N2O/c1-2-9-16(19)18(21)20-17(14-10-5-3-6-11-14)15-12-7-4-8-13-15/h1,3-8,10-13,16H,9,19H2. The summed E-state index contributed by atoms with van der Waals surface area (Å²) in [4.78, 5) is 16.3. The minimum atomic E-state index is -0.766. The van der Waals surface area contributed by atoms with E-state index in [1.54, 1.807) is 0 Å². The lowest BCUT2D eigenvalue weighted by atomic mass is 10.0. The van der Waals surface area contributed by atoms with Gasteiger partial charge >= 0.3 is 0 Å². The van der Waals surface area contributed by atoms with Gasteiger partial charge in [-0.2, -0.15) is 0 Å². The van der Waals surface area contributed by atoms with Crippen LogP contribution >= 0.6 is 0 Å². The Morgan fingerprint density at radius 1 is 1.05 bits per heavy atom. The van der Waals surface area contributed by atoms with Crippen LogP contribution in [0, 0.1) is 12.3 Å². The molecular weight excluding hydrogens is 260 g/mol. The lowest BCUT2D eigenvalue weighted by Gasteiger charge is -2.09. The molecule has 0 bridgehead atoms. The highest BCUT2D eigenvalue weighted by molar-refractivity contribution is 6.17. The second-order valence-corrected chi connectivity index (χ2v) is 4.55. The van der Waals surface area contributed by atoms with E-state index in [2.05, 4.69) is 10.9 Å². The molecule has 0 fully saturated rings. The van der Waals surface area contributed by atoms with Crippen molar-refractivity contribution in [3.8, 4) is 12.3 Å². The van der Waals surface area contributed by atoms with Crippen LogP contribution in [-0.4, -0.2) is 17.7 Å². The number of hydrogen-bond acceptors (Lipinski definition) is 2. The van der Waals surface area contributed by atoms with Crippen molar-refractivity contribution in [2.45, 2.75) is 12.5 Å². The quantitative estimate of drug-likeness (QED) is 0.688. The molecule has 0 aliphatic carbocycles. The number of terminal acetylenes is 1. The van der Waals surface area contributed by atoms with Crippen LogP contribution in [0.4, 0.5) is 0 Å². The van der Waals surface area contributed by atoms with Gasteiger partial charge in [-0.05, 0) is 0 Å². The van der Waals surface area contributed by atoms with Gasteiger partial charge in [-0.15, -0.1) is 12.3 Å². The molecule has 0 spiro atoms. The van der Waals surface area contributed by atoms with Crippen LogP contribution in [-0.2, 0) is 4.79 Å². The molecule has 2 aromatic rings. The minimum Gasteiger partial charge on any atom is -0.319 e. The number of nitrogens with two attached hydrogens (primary N) is 1. The Kier molecular flexibility index (Phi) is 5.03. The molecule has 1 amide bonds. The number of amides is 1. The third kappa shape index (κ3) is 3.88. The van der Waals surface area contributed by atoms with Gasteiger partial charge in [-0.25, -0.2) is 4.99 Å². The van der Waals surface area contributed by atoms with Gasteiger partial charge in [0.15, 0.2) is 0 Å². The Bertz CT molecular complexity index is 628. The summed E-state index contributed by atoms with van der Waals surface area (Å²) in [7, 11) is 0. The van der Waals surface area contributed by atoms with Crippen LogP contribution in [0.3, 0.4) is 0 Å². The molecule has 0 aliphatic heterocycles. The average Bonchev–Trinajstić information content (AvgIpc) is 2.54. The molecule has 2 aromatic carbocycles. The second kappa shape index (κ2) is 7.18. The fourth-order valence-corrected chi connectivity index (χ4v) is 1.90. The molecule has 2 N–H and O–H groups in total. The van der Waals surface area contributed by atoms with Gasteiger partial charge in [-0.3, -0.25) is 4.79 Å². The molecule has 21 heavy (non-hydrogen) atoms. The van der Waals surface area contributed by atoms with Crippen molar-refractivity contribution >= 4 is 11.6 Å². The minimum absolute atomic E-state index is 0.180. The zero-order valence-corrected chi connectivity index (χ0v) is 11.6. The molecule has 3 nitrogen and oxygen atoms in total. The first-order valence-corrected chi connectivity index (χ1v) is 6.65. The molecule has 2 rings (SSSR count). The normalized spacial score (nSPS) is 11.2. The molecule has 0 aliphatic rings. The maximum absolute atomic E-state index is 12.1. The van der Waals surface area contributed by atoms with E-state index in [1.165, 1.54) is 0 Å². The average molecular weight is 276 g/mol. The molecule has 0 saturated carbocycles. The van der Waals surface area contributed by atoms with E-state index in [-0.39, 0.29) is 6.42 Å². The molecule has 3 heteroatoms. The summed E-state index contributed by atoms with van der Waals surface area (Å²) in [6.07, 6.45) is 5.37. The van der Waals surface area contributed by atoms with E-state index in [9.17, 15) is 4.79 Å². The van der Waals surface area contributed by atoms with E-state index in [4.69, 9.17) is 12.2 Å². The van der Waals surface area contributed by atoms with Crippen LogP contribution in [0.2, 0.25) is 0 Å². The van der Waals surface area contributed by atoms with Crippen LogP contribution < -0.4 is 5.73 Å². The maximum atomic E-state index is 12.1. The van der Waals surface area contributed by atoms with Crippen LogP contribution in [0.1, 0.15) is 17.5 Å². The topological polar surface area (TPSA) is 55.5 Å². The number of benzene rings is 2. The van der Waals surface area contributed by atoms with Gasteiger partial charge in [0.1, 0.15) is 0 Å². The Balaban J connectivity index is 2.43. The fourth-order valence-electron chi connectivity index (χ4n) is 1.90. The Morgan fingerprint density at radius 3 is 1.95 bits per heavy atom. The molecule has 0 saturated heterocycles. The van der Waals surface area contributed by atoms with Crippen LogP contribution in [0.15, 0.2) is 65.7 Å². The highest BCUT2D eigenvalue weighted by Crippen LogP contribution is 2.11. The molecule has 0 radical (unpaired) electrons. The van der Waals surface area contributed by atoms with Gasteiger partial charge in [0.25, 0.3) is 5.91 Å². The Morgan fingerprint density at radius 2 is 1.52 bits per heavy atom. The van der Waals surface area contributed by atoms with E-state index < -0.39 is 11.9 Å². The summed E-state index contributed by atoms with van der Waals surface area (Å²) >= 11 is 0. The number of aliphatic imine (C=N–C) groups is 1. The molecular formula is C18H16N2O. The summed E-state index contributed by atoms with van der Waals surface area (Å²) in [5, 5.41) is 0. The predicted molar refractivity (Wildman–Crippen MR) is 85.0 cm³/mol. The third-order valence-electron chi connectivity index (χ3n) is 2.97. The number of carbonyl (C=O) groups is 1. The largest absolute Gasteiger partial charge is 0.319 e. The maximum Gasteiger partial charge on any atom is 0.264 e. The highest BCUT2D eigenvalue weighted by Gasteiger charge is 2.14. The van der Waals surface area contributed by atoms with E-state index in [0.717, 1.165) is 11.1 Å². The van der Waals surface area contributed by atoms with Crippen LogP contribution in [0.25, 0.3) is 0 Å². The summed E-state index contributed by atoms with van der Waals surface area (Å²) in [5.41, 5.74) is 8.07. The van der Waals surface area contributed by atoms with Gasteiger partial charge in [0, 0.05) is 17.5 Å². The first kappa shape index (κ1) is 14.7. The molecule has 104 valence electrons. The second-order valence-electron chi connectivity index (χ2n) is 4.55. The lowest BCUT2D eigenvalue weighted by Crippen LogP contribution is -2.29. The van der Waals surface area contributed by atoms with Crippen molar-refractivity contribution in [1.82, 2.24) is 0 Å². The van der Waals surface area contributed by atoms with E-state index >= 15 is 0 Å². The number of carbonyl (C=O) groups excluding carboxylic acids is 1. The Labute approximate surface area is 124 Å². The number of hydrogen-bond donors (Lipinski definition) is 1. The molecule has 0 heterocycles. The zero-order chi connectivity index (χ0) is 15.1. The lowest BCUT2D eigenvalue weighted by molar-refractivity contribution is -0.118. The van der Waals surface area contributed by atoms with Crippen LogP contribution in [0.5, 0.6) is 0 Å². The van der Waals surface area contributed by atoms with Gasteiger partial charge in [0.2, 0.25) is 0 Å². The van der Waals surface area contributed by atoms with Crippen molar-refractivity contribution in [3.05, 3.63) is 71.8 Å². The third-order valence-corrected chi connectivity index (χ3v) is 2.97. The Hall–Kier alpha value is -2.70. The number of rotatable bonds is 4. The molecule has 1 atom stereocenters. The van der Waals surface area contributed by atoms with E-state index in [0.29, 0.717) is 5.71 Å². The zero-order valence-electron chi connectivity index (χ0n) is 11.6. The first-order valence-electron chi connectivity index (χ1n) is 6.65. The smallest absolute Gasteiger partial charge is 0.264 e. The van der Waals surface area contributed by atoms with Crippen molar-refractivity contribution in [2.24, 2.45) is 10.7 Å². The SMILES string of the molecule is C#CCC(N)C(=O)N=C(c1ccccc1)c1ccccc1. The molecule has 1 unspecified atom stereocenters. The fraction of sp³-hybridized carbons (Fsp3) is 0.111. The van der Waals surface area contributed by atoms with E-state index in [1.807, 2.05) is 60.7 Å². The van der Waals surface area contributed by atoms with Crippen molar-refractivity contribution < 1.29 is 4.79 Å². The summed E-state index contributed by atoms with van der Waals surface area (Å²) in [5.74, 6) is 1.98. The van der Waals surface area contributed by atoms with Gasteiger partial charge in [0.05, 0.1) is 11.8 Å². The number of nitrogens with zero attached hydrogens (tertiary/aromatic N) is 1. The summed E-state index contributed by atoms with van der Waals surface area (Å²) in [6.45, 7) is 0. The summed E-state index contributed by atoms with van der Waals surface area (Å²) in [6, 6.07) is 18.3. The first-order chi connectivity index (χ1) is 10.2. The summed E-state index contributed by atoms with van der Waals surface area (Å²) < 4.78 is 0.